The minimum absolute atomic E-state index is 0.438. The third kappa shape index (κ3) is 9.14. The van der Waals surface area contributed by atoms with Crippen molar-refractivity contribution in [2.45, 2.75) is 84.0 Å². The smallest absolute Gasteiger partial charge is 0.122 e. The molecule has 0 spiro atoms. The zero-order valence-electron chi connectivity index (χ0n) is 14.3. The van der Waals surface area contributed by atoms with E-state index >= 15 is 0 Å². The van der Waals surface area contributed by atoms with Gasteiger partial charge in [-0.3, -0.25) is 0 Å². The van der Waals surface area contributed by atoms with Gasteiger partial charge in [-0.05, 0) is 57.8 Å². The Bertz CT molecular complexity index is 370. The number of aliphatic hydroxyl groups is 2. The van der Waals surface area contributed by atoms with Crippen molar-refractivity contribution in [2.24, 2.45) is 11.8 Å². The molecule has 0 aliphatic carbocycles. The van der Waals surface area contributed by atoms with Crippen LogP contribution in [0.1, 0.15) is 66.7 Å². The number of hydrogen-bond donors (Lipinski definition) is 2. The molecular formula is C18H32O3. The van der Waals surface area contributed by atoms with Gasteiger partial charge in [0, 0.05) is 0 Å². The van der Waals surface area contributed by atoms with Gasteiger partial charge in [0.2, 0.25) is 0 Å². The third-order valence-corrected chi connectivity index (χ3v) is 4.00. The predicted octanol–water partition coefficient (Wildman–Crippen LogP) is 3.13. The van der Waals surface area contributed by atoms with Crippen molar-refractivity contribution in [2.75, 3.05) is 6.61 Å². The van der Waals surface area contributed by atoms with Gasteiger partial charge in [-0.15, -0.1) is 0 Å². The minimum Gasteiger partial charge on any atom is -0.378 e. The first kappa shape index (κ1) is 18.5. The largest absolute Gasteiger partial charge is 0.378 e. The number of rotatable bonds is 8. The van der Waals surface area contributed by atoms with E-state index in [9.17, 15) is 10.2 Å². The molecule has 3 nitrogen and oxygen atoms in total. The minimum atomic E-state index is -1.03. The summed E-state index contributed by atoms with van der Waals surface area (Å²) in [6, 6.07) is 0. The summed E-state index contributed by atoms with van der Waals surface area (Å²) >= 11 is 0. The Labute approximate surface area is 130 Å². The van der Waals surface area contributed by atoms with Gasteiger partial charge in [-0.25, -0.2) is 0 Å². The molecule has 0 bridgehead atoms. The van der Waals surface area contributed by atoms with Crippen LogP contribution in [0.4, 0.5) is 0 Å². The van der Waals surface area contributed by atoms with Gasteiger partial charge in [0.1, 0.15) is 11.2 Å². The van der Waals surface area contributed by atoms with Crippen LogP contribution in [0.2, 0.25) is 0 Å². The van der Waals surface area contributed by atoms with E-state index in [1.165, 1.54) is 0 Å². The Balaban J connectivity index is 2.40. The zero-order chi connectivity index (χ0) is 16.1. The highest BCUT2D eigenvalue weighted by Gasteiger charge is 2.26. The van der Waals surface area contributed by atoms with Gasteiger partial charge in [0.05, 0.1) is 12.7 Å². The van der Waals surface area contributed by atoms with Gasteiger partial charge < -0.3 is 14.9 Å². The highest BCUT2D eigenvalue weighted by Crippen LogP contribution is 2.25. The van der Waals surface area contributed by atoms with Gasteiger partial charge in [-0.2, -0.15) is 0 Å². The molecular weight excluding hydrogens is 264 g/mol. The van der Waals surface area contributed by atoms with E-state index in [2.05, 4.69) is 32.6 Å². The molecule has 4 unspecified atom stereocenters. The Morgan fingerprint density at radius 1 is 1.05 bits per heavy atom. The Morgan fingerprint density at radius 2 is 1.52 bits per heavy atom. The molecule has 1 aliphatic rings. The lowest BCUT2D eigenvalue weighted by atomic mass is 9.90. The van der Waals surface area contributed by atoms with Crippen molar-refractivity contribution < 1.29 is 14.9 Å². The molecule has 0 aromatic heterocycles. The maximum atomic E-state index is 10.3. The Kier molecular flexibility index (Phi) is 6.71. The van der Waals surface area contributed by atoms with Crippen LogP contribution in [0.5, 0.6) is 0 Å². The average Bonchev–Trinajstić information content (AvgIpc) is 3.16. The second kappa shape index (κ2) is 7.63. The van der Waals surface area contributed by atoms with Crippen LogP contribution < -0.4 is 0 Å². The molecule has 1 aliphatic heterocycles. The quantitative estimate of drug-likeness (QED) is 0.534. The first-order valence-corrected chi connectivity index (χ1v) is 8.20. The second-order valence-electron chi connectivity index (χ2n) is 7.57. The van der Waals surface area contributed by atoms with E-state index in [0.717, 1.165) is 25.9 Å². The lowest BCUT2D eigenvalue weighted by molar-refractivity contribution is 0.0926. The Hall–Kier alpha value is -0.560. The van der Waals surface area contributed by atoms with Crippen LogP contribution in [-0.4, -0.2) is 34.1 Å². The standard InChI is InChI=1S/C18H32O3/c1-14(2)6-8-17(4,19)10-11-18(5,20)9-7-15(3)12-16-13-21-16/h14-16,19-20H,6-9,12-13H2,1-5H3. The summed E-state index contributed by atoms with van der Waals surface area (Å²) in [7, 11) is 0. The van der Waals surface area contributed by atoms with Gasteiger partial charge >= 0.3 is 0 Å². The normalized spacial score (nSPS) is 24.7. The first-order chi connectivity index (χ1) is 9.60. The van der Waals surface area contributed by atoms with E-state index in [0.29, 0.717) is 30.8 Å². The van der Waals surface area contributed by atoms with Crippen molar-refractivity contribution in [3.8, 4) is 11.8 Å². The summed E-state index contributed by atoms with van der Waals surface area (Å²) in [4.78, 5) is 0. The predicted molar refractivity (Wildman–Crippen MR) is 85.9 cm³/mol. The molecule has 1 fully saturated rings. The number of epoxide rings is 1. The second-order valence-corrected chi connectivity index (χ2v) is 7.57. The van der Waals surface area contributed by atoms with Crippen molar-refractivity contribution in [3.63, 3.8) is 0 Å². The summed E-state index contributed by atoms with van der Waals surface area (Å²) in [6.45, 7) is 10.8. The van der Waals surface area contributed by atoms with Gasteiger partial charge in [-0.1, -0.05) is 32.6 Å². The molecule has 0 amide bonds. The molecule has 2 N–H and O–H groups in total. The van der Waals surface area contributed by atoms with Crippen LogP contribution in [0, 0.1) is 23.7 Å². The molecule has 0 aromatic carbocycles. The van der Waals surface area contributed by atoms with Gasteiger partial charge in [0.15, 0.2) is 0 Å². The molecule has 21 heavy (non-hydrogen) atoms. The topological polar surface area (TPSA) is 53.0 Å². The van der Waals surface area contributed by atoms with Gasteiger partial charge in [0.25, 0.3) is 0 Å². The first-order valence-electron chi connectivity index (χ1n) is 8.20. The summed E-state index contributed by atoms with van der Waals surface area (Å²) in [5.41, 5.74) is -2.04. The Morgan fingerprint density at radius 3 is 1.95 bits per heavy atom. The van der Waals surface area contributed by atoms with E-state index in [4.69, 9.17) is 4.74 Å². The van der Waals surface area contributed by atoms with Crippen molar-refractivity contribution in [1.82, 2.24) is 0 Å². The van der Waals surface area contributed by atoms with Crippen LogP contribution in [-0.2, 0) is 4.74 Å². The molecule has 3 heteroatoms. The summed E-state index contributed by atoms with van der Waals surface area (Å²) in [6.07, 6.45) is 4.64. The molecule has 0 saturated carbocycles. The average molecular weight is 296 g/mol. The summed E-state index contributed by atoms with van der Waals surface area (Å²) < 4.78 is 5.23. The van der Waals surface area contributed by atoms with Crippen molar-refractivity contribution >= 4 is 0 Å². The molecule has 0 aromatic rings. The molecule has 0 radical (unpaired) electrons. The van der Waals surface area contributed by atoms with Crippen LogP contribution in [0.15, 0.2) is 0 Å². The molecule has 1 heterocycles. The fourth-order valence-corrected chi connectivity index (χ4v) is 2.26. The number of hydrogen-bond acceptors (Lipinski definition) is 3. The van der Waals surface area contributed by atoms with E-state index in [1.807, 2.05) is 0 Å². The SMILES string of the molecule is CC(C)CCC(C)(O)C#CC(C)(O)CCC(C)CC1CO1. The zero-order valence-corrected chi connectivity index (χ0v) is 14.3. The maximum Gasteiger partial charge on any atom is 0.122 e. The molecule has 4 atom stereocenters. The molecule has 1 saturated heterocycles. The van der Waals surface area contributed by atoms with E-state index < -0.39 is 11.2 Å². The summed E-state index contributed by atoms with van der Waals surface area (Å²) in [5, 5.41) is 20.6. The maximum absolute atomic E-state index is 10.3. The van der Waals surface area contributed by atoms with Crippen LogP contribution in [0.3, 0.4) is 0 Å². The van der Waals surface area contributed by atoms with Crippen molar-refractivity contribution in [3.05, 3.63) is 0 Å². The van der Waals surface area contributed by atoms with E-state index in [1.54, 1.807) is 13.8 Å². The molecule has 1 rings (SSSR count). The lowest BCUT2D eigenvalue weighted by Gasteiger charge is -2.21. The fraction of sp³-hybridized carbons (Fsp3) is 0.889. The monoisotopic (exact) mass is 296 g/mol. The van der Waals surface area contributed by atoms with Crippen LogP contribution in [0.25, 0.3) is 0 Å². The number of ether oxygens (including phenoxy) is 1. The molecule has 122 valence electrons. The van der Waals surface area contributed by atoms with Crippen LogP contribution >= 0.6 is 0 Å². The summed E-state index contributed by atoms with van der Waals surface area (Å²) in [5.74, 6) is 6.81. The highest BCUT2D eigenvalue weighted by atomic mass is 16.6. The lowest BCUT2D eigenvalue weighted by Crippen LogP contribution is -2.27. The third-order valence-electron chi connectivity index (χ3n) is 4.00. The highest BCUT2D eigenvalue weighted by molar-refractivity contribution is 5.19. The van der Waals surface area contributed by atoms with Crippen molar-refractivity contribution in [1.29, 1.82) is 0 Å². The fourth-order valence-electron chi connectivity index (χ4n) is 2.26. The van der Waals surface area contributed by atoms with E-state index in [-0.39, 0.29) is 0 Å².